The van der Waals surface area contributed by atoms with Gasteiger partial charge >= 0.3 is 0 Å². The van der Waals surface area contributed by atoms with Crippen molar-refractivity contribution < 1.29 is 4.74 Å². The van der Waals surface area contributed by atoms with Gasteiger partial charge in [0.2, 0.25) is 0 Å². The van der Waals surface area contributed by atoms with E-state index in [0.717, 1.165) is 13.2 Å². The summed E-state index contributed by atoms with van der Waals surface area (Å²) in [5.74, 6) is 5.62. The minimum atomic E-state index is 0.468. The maximum absolute atomic E-state index is 5.62. The molecule has 0 saturated carbocycles. The summed E-state index contributed by atoms with van der Waals surface area (Å²) >= 11 is 0. The molecule has 1 fully saturated rings. The molecule has 0 radical (unpaired) electrons. The van der Waals surface area contributed by atoms with Gasteiger partial charge < -0.3 is 4.74 Å². The number of nitrogens with two attached hydrogens (primary N) is 1. The molecule has 9 heavy (non-hydrogen) atoms. The summed E-state index contributed by atoms with van der Waals surface area (Å²) in [5, 5.41) is 1.86. The maximum atomic E-state index is 5.62. The van der Waals surface area contributed by atoms with E-state index in [0.29, 0.717) is 6.04 Å². The quantitative estimate of drug-likeness (QED) is 0.533. The van der Waals surface area contributed by atoms with E-state index in [1.165, 1.54) is 12.8 Å². The summed E-state index contributed by atoms with van der Waals surface area (Å²) in [6, 6.07) is 0.468. The van der Waals surface area contributed by atoms with Crippen molar-refractivity contribution in [3.8, 4) is 0 Å². The van der Waals surface area contributed by atoms with Crippen LogP contribution in [0.3, 0.4) is 0 Å². The average molecular weight is 130 g/mol. The zero-order valence-electron chi connectivity index (χ0n) is 5.84. The first kappa shape index (κ1) is 6.99. The Hall–Kier alpha value is -0.120. The maximum Gasteiger partial charge on any atom is 0.0631 e. The van der Waals surface area contributed by atoms with E-state index in [1.807, 2.05) is 5.01 Å². The zero-order valence-corrected chi connectivity index (χ0v) is 5.84. The van der Waals surface area contributed by atoms with E-state index in [4.69, 9.17) is 10.6 Å². The normalized spacial score (nSPS) is 29.3. The van der Waals surface area contributed by atoms with Crippen molar-refractivity contribution in [1.82, 2.24) is 5.01 Å². The van der Waals surface area contributed by atoms with Gasteiger partial charge in [0.05, 0.1) is 6.61 Å². The van der Waals surface area contributed by atoms with Crippen molar-refractivity contribution >= 4 is 0 Å². The highest BCUT2D eigenvalue weighted by Gasteiger charge is 2.20. The second kappa shape index (κ2) is 3.15. The van der Waals surface area contributed by atoms with Crippen molar-refractivity contribution in [2.45, 2.75) is 18.9 Å². The van der Waals surface area contributed by atoms with E-state index in [9.17, 15) is 0 Å². The molecule has 0 aliphatic carbocycles. The van der Waals surface area contributed by atoms with Crippen LogP contribution in [0.1, 0.15) is 12.8 Å². The van der Waals surface area contributed by atoms with Gasteiger partial charge in [0, 0.05) is 19.7 Å². The Kier molecular flexibility index (Phi) is 2.45. The molecule has 1 aliphatic heterocycles. The van der Waals surface area contributed by atoms with E-state index >= 15 is 0 Å². The second-order valence-corrected chi connectivity index (χ2v) is 2.49. The van der Waals surface area contributed by atoms with Crippen LogP contribution in [0.5, 0.6) is 0 Å². The number of hydrogen-bond donors (Lipinski definition) is 1. The minimum absolute atomic E-state index is 0.468. The smallest absolute Gasteiger partial charge is 0.0631 e. The molecule has 0 aromatic heterocycles. The van der Waals surface area contributed by atoms with Gasteiger partial charge in [-0.3, -0.25) is 5.84 Å². The highest BCUT2D eigenvalue weighted by molar-refractivity contribution is 4.73. The molecule has 0 aromatic rings. The fourth-order valence-electron chi connectivity index (χ4n) is 1.23. The molecule has 1 heterocycles. The van der Waals surface area contributed by atoms with Crippen LogP contribution in [0.15, 0.2) is 0 Å². The van der Waals surface area contributed by atoms with Gasteiger partial charge in [-0.2, -0.15) is 0 Å². The zero-order chi connectivity index (χ0) is 6.69. The molecule has 1 aliphatic rings. The highest BCUT2D eigenvalue weighted by atomic mass is 16.5. The molecule has 1 saturated heterocycles. The first-order valence-electron chi connectivity index (χ1n) is 3.35. The Bertz CT molecular complexity index is 87.1. The Labute approximate surface area is 55.7 Å². The summed E-state index contributed by atoms with van der Waals surface area (Å²) in [6.45, 7) is 1.80. The lowest BCUT2D eigenvalue weighted by Crippen LogP contribution is -2.38. The van der Waals surface area contributed by atoms with Crippen LogP contribution in [-0.2, 0) is 4.74 Å². The third-order valence-corrected chi connectivity index (χ3v) is 1.78. The lowest BCUT2D eigenvalue weighted by molar-refractivity contribution is 0.116. The molecule has 3 nitrogen and oxygen atoms in total. The standard InChI is InChI=1S/C6H14N2O/c1-9-5-6-3-2-4-8(6)7/h6H,2-5,7H2,1H3/t6-/m0/s1. The first-order valence-corrected chi connectivity index (χ1v) is 3.35. The lowest BCUT2D eigenvalue weighted by atomic mass is 10.2. The molecule has 1 rings (SSSR count). The van der Waals surface area contributed by atoms with Crippen molar-refractivity contribution in [3.05, 3.63) is 0 Å². The predicted octanol–water partition coefficient (Wildman–Crippen LogP) is -0.0291. The molecular formula is C6H14N2O. The lowest BCUT2D eigenvalue weighted by Gasteiger charge is -2.16. The highest BCUT2D eigenvalue weighted by Crippen LogP contribution is 2.12. The van der Waals surface area contributed by atoms with E-state index in [1.54, 1.807) is 7.11 Å². The van der Waals surface area contributed by atoms with Gasteiger partial charge in [0.1, 0.15) is 0 Å². The summed E-state index contributed by atoms with van der Waals surface area (Å²) in [4.78, 5) is 0. The summed E-state index contributed by atoms with van der Waals surface area (Å²) < 4.78 is 4.97. The Morgan fingerprint density at radius 1 is 1.78 bits per heavy atom. The van der Waals surface area contributed by atoms with E-state index < -0.39 is 0 Å². The second-order valence-electron chi connectivity index (χ2n) is 2.49. The molecule has 2 N–H and O–H groups in total. The number of nitrogens with zero attached hydrogens (tertiary/aromatic N) is 1. The number of rotatable bonds is 2. The number of ether oxygens (including phenoxy) is 1. The fourth-order valence-corrected chi connectivity index (χ4v) is 1.23. The average Bonchev–Trinajstić information content (AvgIpc) is 2.18. The molecule has 0 bridgehead atoms. The van der Waals surface area contributed by atoms with Crippen molar-refractivity contribution in [2.24, 2.45) is 5.84 Å². The SMILES string of the molecule is COC[C@@H]1CCCN1N. The monoisotopic (exact) mass is 130 g/mol. The van der Waals surface area contributed by atoms with E-state index in [-0.39, 0.29) is 0 Å². The van der Waals surface area contributed by atoms with Crippen LogP contribution >= 0.6 is 0 Å². The van der Waals surface area contributed by atoms with Gasteiger partial charge in [-0.1, -0.05) is 0 Å². The fraction of sp³-hybridized carbons (Fsp3) is 1.00. The molecule has 0 unspecified atom stereocenters. The Morgan fingerprint density at radius 3 is 3.00 bits per heavy atom. The van der Waals surface area contributed by atoms with Gasteiger partial charge in [0.25, 0.3) is 0 Å². The summed E-state index contributed by atoms with van der Waals surface area (Å²) in [5.41, 5.74) is 0. The van der Waals surface area contributed by atoms with Gasteiger partial charge in [-0.25, -0.2) is 5.01 Å². The number of hydrogen-bond acceptors (Lipinski definition) is 3. The topological polar surface area (TPSA) is 38.5 Å². The van der Waals surface area contributed by atoms with Gasteiger partial charge in [-0.05, 0) is 12.8 Å². The van der Waals surface area contributed by atoms with E-state index in [2.05, 4.69) is 0 Å². The molecular weight excluding hydrogens is 116 g/mol. The van der Waals surface area contributed by atoms with Crippen LogP contribution in [0, 0.1) is 0 Å². The van der Waals surface area contributed by atoms with Crippen molar-refractivity contribution in [2.75, 3.05) is 20.3 Å². The number of hydrazine groups is 1. The first-order chi connectivity index (χ1) is 4.34. The molecule has 0 spiro atoms. The summed E-state index contributed by atoms with van der Waals surface area (Å²) in [6.07, 6.45) is 2.40. The molecule has 0 amide bonds. The molecule has 3 heteroatoms. The molecule has 0 aromatic carbocycles. The molecule has 54 valence electrons. The van der Waals surface area contributed by atoms with Crippen LogP contribution in [0.4, 0.5) is 0 Å². The number of methoxy groups -OCH3 is 1. The minimum Gasteiger partial charge on any atom is -0.383 e. The largest absolute Gasteiger partial charge is 0.383 e. The van der Waals surface area contributed by atoms with Gasteiger partial charge in [-0.15, -0.1) is 0 Å². The van der Waals surface area contributed by atoms with Crippen molar-refractivity contribution in [1.29, 1.82) is 0 Å². The summed E-state index contributed by atoms with van der Waals surface area (Å²) in [7, 11) is 1.71. The van der Waals surface area contributed by atoms with Crippen LogP contribution < -0.4 is 5.84 Å². The Balaban J connectivity index is 2.22. The van der Waals surface area contributed by atoms with Crippen molar-refractivity contribution in [3.63, 3.8) is 0 Å². The third-order valence-electron chi connectivity index (χ3n) is 1.78. The third kappa shape index (κ3) is 1.64. The predicted molar refractivity (Wildman–Crippen MR) is 35.8 cm³/mol. The van der Waals surface area contributed by atoms with Crippen LogP contribution in [0.2, 0.25) is 0 Å². The van der Waals surface area contributed by atoms with Crippen LogP contribution in [-0.4, -0.2) is 31.3 Å². The molecule has 1 atom stereocenters. The van der Waals surface area contributed by atoms with Gasteiger partial charge in [0.15, 0.2) is 0 Å². The van der Waals surface area contributed by atoms with Crippen LogP contribution in [0.25, 0.3) is 0 Å². The Morgan fingerprint density at radius 2 is 2.56 bits per heavy atom.